The van der Waals surface area contributed by atoms with Crippen LogP contribution in [-0.2, 0) is 14.3 Å². The van der Waals surface area contributed by atoms with Crippen LogP contribution in [0.5, 0.6) is 0 Å². The van der Waals surface area contributed by atoms with Crippen molar-refractivity contribution in [3.8, 4) is 0 Å². The van der Waals surface area contributed by atoms with E-state index >= 15 is 0 Å². The standard InChI is InChI=1S/C15H27NO3/c1-5-19-14(17)9-16-15(18)12-7-6-11(4)8-13(12)10(2)3/h10-13H,5-9H2,1-4H3,(H,16,18). The van der Waals surface area contributed by atoms with Gasteiger partial charge < -0.3 is 10.1 Å². The summed E-state index contributed by atoms with van der Waals surface area (Å²) in [6.07, 6.45) is 3.13. The Kier molecular flexibility index (Phi) is 6.32. The van der Waals surface area contributed by atoms with E-state index in [0.717, 1.165) is 19.3 Å². The molecule has 1 aliphatic rings. The second-order valence-electron chi connectivity index (χ2n) is 5.96. The van der Waals surface area contributed by atoms with Crippen LogP contribution in [0.25, 0.3) is 0 Å². The van der Waals surface area contributed by atoms with Gasteiger partial charge in [0.1, 0.15) is 6.54 Å². The fourth-order valence-electron chi connectivity index (χ4n) is 2.99. The zero-order chi connectivity index (χ0) is 14.4. The third-order valence-corrected chi connectivity index (χ3v) is 4.07. The lowest BCUT2D eigenvalue weighted by atomic mass is 9.69. The molecule has 3 unspecified atom stereocenters. The Labute approximate surface area is 116 Å². The second-order valence-corrected chi connectivity index (χ2v) is 5.96. The van der Waals surface area contributed by atoms with Crippen LogP contribution >= 0.6 is 0 Å². The third-order valence-electron chi connectivity index (χ3n) is 4.07. The van der Waals surface area contributed by atoms with E-state index in [2.05, 4.69) is 26.1 Å². The first-order valence-corrected chi connectivity index (χ1v) is 7.39. The van der Waals surface area contributed by atoms with Gasteiger partial charge in [0.15, 0.2) is 0 Å². The van der Waals surface area contributed by atoms with Gasteiger partial charge in [-0.2, -0.15) is 0 Å². The highest BCUT2D eigenvalue weighted by molar-refractivity contribution is 5.83. The van der Waals surface area contributed by atoms with Crippen molar-refractivity contribution in [2.24, 2.45) is 23.7 Å². The summed E-state index contributed by atoms with van der Waals surface area (Å²) in [7, 11) is 0. The molecule has 0 bridgehead atoms. The van der Waals surface area contributed by atoms with Gasteiger partial charge in [0.25, 0.3) is 0 Å². The van der Waals surface area contributed by atoms with Crippen LogP contribution in [0, 0.1) is 23.7 Å². The highest BCUT2D eigenvalue weighted by Crippen LogP contribution is 2.38. The number of esters is 1. The highest BCUT2D eigenvalue weighted by Gasteiger charge is 2.35. The van der Waals surface area contributed by atoms with Crippen molar-refractivity contribution in [1.29, 1.82) is 0 Å². The van der Waals surface area contributed by atoms with Gasteiger partial charge in [-0.25, -0.2) is 0 Å². The van der Waals surface area contributed by atoms with Crippen LogP contribution in [0.4, 0.5) is 0 Å². The maximum absolute atomic E-state index is 12.2. The lowest BCUT2D eigenvalue weighted by molar-refractivity contribution is -0.144. The fraction of sp³-hybridized carbons (Fsp3) is 0.867. The number of amides is 1. The smallest absolute Gasteiger partial charge is 0.325 e. The largest absolute Gasteiger partial charge is 0.465 e. The normalized spacial score (nSPS) is 27.1. The molecule has 110 valence electrons. The van der Waals surface area contributed by atoms with Crippen molar-refractivity contribution in [2.75, 3.05) is 13.2 Å². The molecule has 0 radical (unpaired) electrons. The Bertz CT molecular complexity index is 315. The van der Waals surface area contributed by atoms with E-state index in [1.165, 1.54) is 0 Å². The SMILES string of the molecule is CCOC(=O)CNC(=O)C1CCC(C)CC1C(C)C. The number of carbonyl (C=O) groups is 2. The topological polar surface area (TPSA) is 55.4 Å². The minimum absolute atomic E-state index is 0.0104. The van der Waals surface area contributed by atoms with Gasteiger partial charge >= 0.3 is 5.97 Å². The van der Waals surface area contributed by atoms with Gasteiger partial charge in [-0.3, -0.25) is 9.59 Å². The molecule has 0 aromatic rings. The summed E-state index contributed by atoms with van der Waals surface area (Å²) in [5.74, 6) is 1.32. The number of nitrogens with one attached hydrogen (secondary N) is 1. The summed E-state index contributed by atoms with van der Waals surface area (Å²) in [5, 5.41) is 2.72. The summed E-state index contributed by atoms with van der Waals surface area (Å²) in [6, 6.07) is 0. The number of ether oxygens (including phenoxy) is 1. The predicted molar refractivity (Wildman–Crippen MR) is 74.5 cm³/mol. The first-order valence-electron chi connectivity index (χ1n) is 7.39. The zero-order valence-corrected chi connectivity index (χ0v) is 12.6. The highest BCUT2D eigenvalue weighted by atomic mass is 16.5. The third kappa shape index (κ3) is 4.84. The maximum Gasteiger partial charge on any atom is 0.325 e. The minimum atomic E-state index is -0.360. The summed E-state index contributed by atoms with van der Waals surface area (Å²) >= 11 is 0. The first-order chi connectivity index (χ1) is 8.95. The second kappa shape index (κ2) is 7.51. The number of hydrogen-bond acceptors (Lipinski definition) is 3. The van der Waals surface area contributed by atoms with Crippen molar-refractivity contribution in [1.82, 2.24) is 5.32 Å². The number of hydrogen-bond donors (Lipinski definition) is 1. The van der Waals surface area contributed by atoms with E-state index in [1.54, 1.807) is 6.92 Å². The molecule has 1 amide bonds. The van der Waals surface area contributed by atoms with Gasteiger partial charge in [0, 0.05) is 5.92 Å². The van der Waals surface area contributed by atoms with E-state index in [1.807, 2.05) is 0 Å². The molecule has 1 rings (SSSR count). The van der Waals surface area contributed by atoms with Crippen LogP contribution in [0.1, 0.15) is 47.0 Å². The minimum Gasteiger partial charge on any atom is -0.465 e. The Morgan fingerprint density at radius 1 is 1.32 bits per heavy atom. The van der Waals surface area contributed by atoms with Crippen molar-refractivity contribution in [2.45, 2.75) is 47.0 Å². The molecular formula is C15H27NO3. The molecule has 0 aromatic heterocycles. The Hall–Kier alpha value is -1.06. The molecular weight excluding hydrogens is 242 g/mol. The average Bonchev–Trinajstić information content (AvgIpc) is 2.36. The van der Waals surface area contributed by atoms with Crippen LogP contribution in [0.2, 0.25) is 0 Å². The van der Waals surface area contributed by atoms with Gasteiger partial charge in [-0.05, 0) is 43.9 Å². The van der Waals surface area contributed by atoms with Gasteiger partial charge in [-0.1, -0.05) is 20.8 Å². The fourth-order valence-corrected chi connectivity index (χ4v) is 2.99. The maximum atomic E-state index is 12.2. The lowest BCUT2D eigenvalue weighted by Gasteiger charge is -2.36. The van der Waals surface area contributed by atoms with Crippen molar-refractivity contribution in [3.05, 3.63) is 0 Å². The van der Waals surface area contributed by atoms with E-state index in [-0.39, 0.29) is 24.3 Å². The van der Waals surface area contributed by atoms with Gasteiger partial charge in [0.2, 0.25) is 5.91 Å². The summed E-state index contributed by atoms with van der Waals surface area (Å²) in [5.41, 5.74) is 0. The van der Waals surface area contributed by atoms with Crippen molar-refractivity contribution >= 4 is 11.9 Å². The number of rotatable bonds is 5. The molecule has 0 spiro atoms. The average molecular weight is 269 g/mol. The van der Waals surface area contributed by atoms with Crippen molar-refractivity contribution in [3.63, 3.8) is 0 Å². The molecule has 1 saturated carbocycles. The molecule has 1 fully saturated rings. The Morgan fingerprint density at radius 3 is 2.58 bits per heavy atom. The monoisotopic (exact) mass is 269 g/mol. The Balaban J connectivity index is 2.51. The summed E-state index contributed by atoms with van der Waals surface area (Å²) < 4.78 is 4.82. The summed E-state index contributed by atoms with van der Waals surface area (Å²) in [4.78, 5) is 23.5. The van der Waals surface area contributed by atoms with E-state index in [0.29, 0.717) is 24.4 Å². The van der Waals surface area contributed by atoms with Crippen LogP contribution in [0.15, 0.2) is 0 Å². The molecule has 1 aliphatic carbocycles. The quantitative estimate of drug-likeness (QED) is 0.780. The van der Waals surface area contributed by atoms with Crippen LogP contribution in [-0.4, -0.2) is 25.0 Å². The molecule has 4 heteroatoms. The first kappa shape index (κ1) is 16.0. The number of carbonyl (C=O) groups excluding carboxylic acids is 2. The molecule has 3 atom stereocenters. The van der Waals surface area contributed by atoms with Crippen molar-refractivity contribution < 1.29 is 14.3 Å². The van der Waals surface area contributed by atoms with E-state index in [9.17, 15) is 9.59 Å². The predicted octanol–water partition coefficient (Wildman–Crippen LogP) is 2.37. The molecule has 19 heavy (non-hydrogen) atoms. The molecule has 4 nitrogen and oxygen atoms in total. The zero-order valence-electron chi connectivity index (χ0n) is 12.6. The molecule has 0 aliphatic heterocycles. The van der Waals surface area contributed by atoms with E-state index in [4.69, 9.17) is 4.74 Å². The van der Waals surface area contributed by atoms with Gasteiger partial charge in [-0.15, -0.1) is 0 Å². The molecule has 0 heterocycles. The van der Waals surface area contributed by atoms with Crippen LogP contribution in [0.3, 0.4) is 0 Å². The molecule has 1 N–H and O–H groups in total. The Morgan fingerprint density at radius 2 is 2.00 bits per heavy atom. The van der Waals surface area contributed by atoms with Crippen LogP contribution < -0.4 is 5.32 Å². The lowest BCUT2D eigenvalue weighted by Crippen LogP contribution is -2.42. The van der Waals surface area contributed by atoms with E-state index < -0.39 is 0 Å². The summed E-state index contributed by atoms with van der Waals surface area (Å²) in [6.45, 7) is 8.70. The van der Waals surface area contributed by atoms with Gasteiger partial charge in [0.05, 0.1) is 6.61 Å². The molecule has 0 saturated heterocycles. The molecule has 0 aromatic carbocycles.